The van der Waals surface area contributed by atoms with Crippen molar-refractivity contribution in [2.24, 2.45) is 5.92 Å². The maximum Gasteiger partial charge on any atom is 0.243 e. The lowest BCUT2D eigenvalue weighted by atomic mass is 10.1. The average Bonchev–Trinajstić information content (AvgIpc) is 3.04. The molecular weight excluding hydrogens is 350 g/mol. The van der Waals surface area contributed by atoms with E-state index in [9.17, 15) is 13.6 Å². The Morgan fingerprint density at radius 3 is 2.46 bits per heavy atom. The van der Waals surface area contributed by atoms with Gasteiger partial charge in [0.25, 0.3) is 0 Å². The van der Waals surface area contributed by atoms with Crippen LogP contribution < -0.4 is 10.2 Å². The SMILES string of the molecule is CC(C)C(Cn1ccc2ccccc21)NS(=O)(=O)c1ccccc1NO. The number of hydrogen-bond acceptors (Lipinski definition) is 4. The smallest absolute Gasteiger partial charge is 0.243 e. The quantitative estimate of drug-likeness (QED) is 0.554. The molecule has 3 N–H and O–H groups in total. The molecule has 0 saturated heterocycles. The van der Waals surface area contributed by atoms with Crippen LogP contribution in [0, 0.1) is 5.92 Å². The van der Waals surface area contributed by atoms with Crippen LogP contribution in [0.2, 0.25) is 0 Å². The summed E-state index contributed by atoms with van der Waals surface area (Å²) in [5, 5.41) is 10.3. The molecule has 0 radical (unpaired) electrons. The number of aromatic nitrogens is 1. The highest BCUT2D eigenvalue weighted by Gasteiger charge is 2.25. The number of sulfonamides is 1. The standard InChI is InChI=1S/C19H23N3O3S/c1-14(2)17(13-22-12-11-15-7-3-5-9-18(15)22)21-26(24,25)19-10-6-4-8-16(19)20-23/h3-12,14,17,20-21,23H,13H2,1-2H3. The summed E-state index contributed by atoms with van der Waals surface area (Å²) in [5.41, 5.74) is 3.16. The highest BCUT2D eigenvalue weighted by molar-refractivity contribution is 7.89. The monoisotopic (exact) mass is 373 g/mol. The van der Waals surface area contributed by atoms with E-state index in [4.69, 9.17) is 0 Å². The van der Waals surface area contributed by atoms with Gasteiger partial charge in [-0.3, -0.25) is 10.7 Å². The van der Waals surface area contributed by atoms with E-state index >= 15 is 0 Å². The van der Waals surface area contributed by atoms with Gasteiger partial charge in [0.15, 0.2) is 0 Å². The van der Waals surface area contributed by atoms with E-state index in [1.165, 1.54) is 12.1 Å². The second kappa shape index (κ2) is 7.49. The summed E-state index contributed by atoms with van der Waals surface area (Å²) in [7, 11) is -3.79. The molecule has 0 saturated carbocycles. The minimum Gasteiger partial charge on any atom is -0.346 e. The van der Waals surface area contributed by atoms with Gasteiger partial charge in [0.2, 0.25) is 10.0 Å². The van der Waals surface area contributed by atoms with Crippen molar-refractivity contribution in [3.63, 3.8) is 0 Å². The number of para-hydroxylation sites is 2. The van der Waals surface area contributed by atoms with Gasteiger partial charge in [-0.15, -0.1) is 0 Å². The molecule has 0 amide bonds. The van der Waals surface area contributed by atoms with Gasteiger partial charge in [-0.2, -0.15) is 0 Å². The molecule has 1 aromatic heterocycles. The number of fused-ring (bicyclic) bond motifs is 1. The molecule has 138 valence electrons. The van der Waals surface area contributed by atoms with Gasteiger partial charge in [-0.05, 0) is 35.6 Å². The number of anilines is 1. The van der Waals surface area contributed by atoms with E-state index in [2.05, 4.69) is 9.29 Å². The van der Waals surface area contributed by atoms with Crippen molar-refractivity contribution in [2.75, 3.05) is 5.48 Å². The number of nitrogens with zero attached hydrogens (tertiary/aromatic N) is 1. The first kappa shape index (κ1) is 18.4. The summed E-state index contributed by atoms with van der Waals surface area (Å²) in [6.45, 7) is 4.48. The largest absolute Gasteiger partial charge is 0.346 e. The Labute approximate surface area is 153 Å². The summed E-state index contributed by atoms with van der Waals surface area (Å²) in [4.78, 5) is 0.0190. The van der Waals surface area contributed by atoms with Gasteiger partial charge < -0.3 is 4.57 Å². The molecule has 0 aliphatic carbocycles. The maximum absolute atomic E-state index is 12.8. The summed E-state index contributed by atoms with van der Waals surface area (Å²) in [6.07, 6.45) is 1.97. The molecule has 1 unspecified atom stereocenters. The molecule has 0 aliphatic rings. The third-order valence-electron chi connectivity index (χ3n) is 4.48. The first-order valence-electron chi connectivity index (χ1n) is 8.47. The number of rotatable bonds is 7. The predicted octanol–water partition coefficient (Wildman–Crippen LogP) is 3.45. The van der Waals surface area contributed by atoms with E-state index < -0.39 is 10.0 Å². The van der Waals surface area contributed by atoms with Crippen molar-refractivity contribution in [1.29, 1.82) is 0 Å². The Morgan fingerprint density at radius 2 is 1.73 bits per heavy atom. The second-order valence-electron chi connectivity index (χ2n) is 6.61. The van der Waals surface area contributed by atoms with Crippen molar-refractivity contribution >= 4 is 26.6 Å². The van der Waals surface area contributed by atoms with Crippen LogP contribution in [-0.4, -0.2) is 24.2 Å². The maximum atomic E-state index is 12.8. The molecule has 0 fully saturated rings. The third-order valence-corrected chi connectivity index (χ3v) is 6.03. The highest BCUT2D eigenvalue weighted by atomic mass is 32.2. The van der Waals surface area contributed by atoms with Crippen LogP contribution in [0.1, 0.15) is 13.8 Å². The molecule has 3 rings (SSSR count). The van der Waals surface area contributed by atoms with Gasteiger partial charge >= 0.3 is 0 Å². The zero-order chi connectivity index (χ0) is 18.7. The van der Waals surface area contributed by atoms with Crippen LogP contribution in [0.15, 0.2) is 65.7 Å². The second-order valence-corrected chi connectivity index (χ2v) is 8.29. The van der Waals surface area contributed by atoms with Crippen LogP contribution in [0.5, 0.6) is 0 Å². The van der Waals surface area contributed by atoms with Crippen LogP contribution >= 0.6 is 0 Å². The number of hydrogen-bond donors (Lipinski definition) is 3. The van der Waals surface area contributed by atoms with Crippen molar-refractivity contribution in [3.05, 3.63) is 60.8 Å². The van der Waals surface area contributed by atoms with Crippen molar-refractivity contribution < 1.29 is 13.6 Å². The Kier molecular flexibility index (Phi) is 5.31. The Morgan fingerprint density at radius 1 is 1.04 bits per heavy atom. The van der Waals surface area contributed by atoms with Gasteiger partial charge in [-0.1, -0.05) is 44.2 Å². The van der Waals surface area contributed by atoms with E-state index in [1.807, 2.05) is 55.9 Å². The van der Waals surface area contributed by atoms with E-state index in [1.54, 1.807) is 12.1 Å². The molecule has 0 bridgehead atoms. The third kappa shape index (κ3) is 3.75. The molecule has 0 aliphatic heterocycles. The Hall–Kier alpha value is -2.35. The van der Waals surface area contributed by atoms with E-state index in [-0.39, 0.29) is 22.5 Å². The van der Waals surface area contributed by atoms with E-state index in [0.717, 1.165) is 10.9 Å². The molecule has 3 aromatic rings. The topological polar surface area (TPSA) is 83.4 Å². The molecule has 1 heterocycles. The number of benzene rings is 2. The van der Waals surface area contributed by atoms with Crippen LogP contribution in [0.25, 0.3) is 10.9 Å². The summed E-state index contributed by atoms with van der Waals surface area (Å²) >= 11 is 0. The van der Waals surface area contributed by atoms with Gasteiger partial charge in [0, 0.05) is 24.3 Å². The molecule has 1 atom stereocenters. The fourth-order valence-electron chi connectivity index (χ4n) is 2.95. The number of nitrogens with one attached hydrogen (secondary N) is 2. The highest BCUT2D eigenvalue weighted by Crippen LogP contribution is 2.22. The fourth-order valence-corrected chi connectivity index (χ4v) is 4.49. The first-order chi connectivity index (χ1) is 12.4. The molecule has 2 aromatic carbocycles. The average molecular weight is 373 g/mol. The summed E-state index contributed by atoms with van der Waals surface area (Å²) in [6, 6.07) is 16.0. The zero-order valence-electron chi connectivity index (χ0n) is 14.8. The van der Waals surface area contributed by atoms with Crippen molar-refractivity contribution in [2.45, 2.75) is 31.3 Å². The Balaban J connectivity index is 1.89. The minimum absolute atomic E-state index is 0.0190. The Bertz CT molecular complexity index is 996. The lowest BCUT2D eigenvalue weighted by molar-refractivity contribution is 0.385. The fraction of sp³-hybridized carbons (Fsp3) is 0.263. The molecule has 26 heavy (non-hydrogen) atoms. The molecule has 7 heteroatoms. The lowest BCUT2D eigenvalue weighted by Crippen LogP contribution is -2.41. The van der Waals surface area contributed by atoms with Gasteiger partial charge in [0.1, 0.15) is 4.90 Å². The first-order valence-corrected chi connectivity index (χ1v) is 9.96. The van der Waals surface area contributed by atoms with Gasteiger partial charge in [0.05, 0.1) is 5.69 Å². The van der Waals surface area contributed by atoms with Crippen molar-refractivity contribution in [1.82, 2.24) is 9.29 Å². The normalized spacial score (nSPS) is 13.2. The predicted molar refractivity (Wildman–Crippen MR) is 103 cm³/mol. The van der Waals surface area contributed by atoms with E-state index in [0.29, 0.717) is 6.54 Å². The van der Waals surface area contributed by atoms with Gasteiger partial charge in [-0.25, -0.2) is 13.1 Å². The minimum atomic E-state index is -3.79. The summed E-state index contributed by atoms with van der Waals surface area (Å²) in [5.74, 6) is 0.0835. The molecular formula is C19H23N3O3S. The molecule has 6 nitrogen and oxygen atoms in total. The lowest BCUT2D eigenvalue weighted by Gasteiger charge is -2.24. The van der Waals surface area contributed by atoms with Crippen molar-refractivity contribution in [3.8, 4) is 0 Å². The molecule has 0 spiro atoms. The zero-order valence-corrected chi connectivity index (χ0v) is 15.6. The van der Waals surface area contributed by atoms with Crippen LogP contribution in [-0.2, 0) is 16.6 Å². The van der Waals surface area contributed by atoms with Crippen LogP contribution in [0.4, 0.5) is 5.69 Å². The van der Waals surface area contributed by atoms with Crippen LogP contribution in [0.3, 0.4) is 0 Å². The summed E-state index contributed by atoms with van der Waals surface area (Å²) < 4.78 is 30.5.